The van der Waals surface area contributed by atoms with Crippen molar-refractivity contribution in [2.75, 3.05) is 7.11 Å². The van der Waals surface area contributed by atoms with Gasteiger partial charge in [-0.15, -0.1) is 0 Å². The molecule has 0 spiro atoms. The first-order valence-corrected chi connectivity index (χ1v) is 11.6. The first-order chi connectivity index (χ1) is 16.4. The molecule has 34 heavy (non-hydrogen) atoms. The third-order valence-corrected chi connectivity index (χ3v) is 5.85. The molecule has 0 saturated heterocycles. The van der Waals surface area contributed by atoms with Gasteiger partial charge < -0.3 is 29.6 Å². The van der Waals surface area contributed by atoms with Crippen molar-refractivity contribution in [3.8, 4) is 5.75 Å². The Morgan fingerprint density at radius 3 is 2.68 bits per heavy atom. The van der Waals surface area contributed by atoms with Crippen molar-refractivity contribution >= 4 is 28.5 Å². The molecule has 2 aromatic heterocycles. The minimum absolute atomic E-state index is 0.144. The highest BCUT2D eigenvalue weighted by molar-refractivity contribution is 5.93. The van der Waals surface area contributed by atoms with Gasteiger partial charge in [0.15, 0.2) is 0 Å². The van der Waals surface area contributed by atoms with Gasteiger partial charge in [-0.1, -0.05) is 12.8 Å². The summed E-state index contributed by atoms with van der Waals surface area (Å²) in [5, 5.41) is 6.68. The second-order valence-corrected chi connectivity index (χ2v) is 8.54. The molecule has 0 aliphatic carbocycles. The molecule has 2 heterocycles. The van der Waals surface area contributed by atoms with E-state index in [1.807, 2.05) is 25.1 Å². The summed E-state index contributed by atoms with van der Waals surface area (Å²) in [6.45, 7) is 3.76. The number of furan rings is 1. The van der Waals surface area contributed by atoms with Gasteiger partial charge in [0.2, 0.25) is 11.8 Å². The highest BCUT2D eigenvalue weighted by Gasteiger charge is 2.22. The third kappa shape index (κ3) is 6.97. The summed E-state index contributed by atoms with van der Waals surface area (Å²) in [4.78, 5) is 40.3. The molecule has 0 aliphatic heterocycles. The van der Waals surface area contributed by atoms with Crippen LogP contribution in [0, 0.1) is 6.92 Å². The van der Waals surface area contributed by atoms with Gasteiger partial charge in [-0.2, -0.15) is 0 Å². The van der Waals surface area contributed by atoms with Crippen LogP contribution in [0.2, 0.25) is 0 Å². The van der Waals surface area contributed by atoms with Crippen molar-refractivity contribution in [3.63, 3.8) is 0 Å². The molecule has 0 aliphatic rings. The number of amides is 2. The number of ketones is 1. The summed E-state index contributed by atoms with van der Waals surface area (Å²) >= 11 is 0. The number of nitrogens with one attached hydrogen (secondary N) is 3. The summed E-state index contributed by atoms with van der Waals surface area (Å²) < 4.78 is 10.6. The average molecular weight is 468 g/mol. The zero-order valence-corrected chi connectivity index (χ0v) is 20.0. The number of Topliss-reactive ketones (excluding diaryl/α,β-unsaturated/α-hetero) is 1. The smallest absolute Gasteiger partial charge is 0.242 e. The molecule has 0 radical (unpaired) electrons. The molecule has 0 unspecified atom stereocenters. The van der Waals surface area contributed by atoms with Crippen LogP contribution in [0.3, 0.4) is 0 Å². The highest BCUT2D eigenvalue weighted by atomic mass is 16.5. The van der Waals surface area contributed by atoms with Gasteiger partial charge in [0.25, 0.3) is 0 Å². The van der Waals surface area contributed by atoms with Crippen LogP contribution in [0.5, 0.6) is 5.75 Å². The predicted octanol–water partition coefficient (Wildman–Crippen LogP) is 3.96. The number of aromatic nitrogens is 1. The third-order valence-electron chi connectivity index (χ3n) is 5.85. The number of hydrogen-bond donors (Lipinski definition) is 3. The molecule has 3 aromatic rings. The van der Waals surface area contributed by atoms with Gasteiger partial charge in [-0.05, 0) is 62.6 Å². The van der Waals surface area contributed by atoms with Crippen LogP contribution < -0.4 is 15.4 Å². The van der Waals surface area contributed by atoms with Gasteiger partial charge in [-0.3, -0.25) is 9.59 Å². The van der Waals surface area contributed by atoms with Crippen LogP contribution in [-0.4, -0.2) is 35.7 Å². The van der Waals surface area contributed by atoms with E-state index in [-0.39, 0.29) is 30.6 Å². The van der Waals surface area contributed by atoms with Crippen molar-refractivity contribution in [2.24, 2.45) is 0 Å². The van der Waals surface area contributed by atoms with Crippen LogP contribution in [0.15, 0.2) is 41.0 Å². The molecule has 0 bridgehead atoms. The zero-order chi connectivity index (χ0) is 24.5. The number of aryl methyl sites for hydroxylation is 1. The number of fused-ring (bicyclic) bond motifs is 1. The summed E-state index contributed by atoms with van der Waals surface area (Å²) in [7, 11) is 1.61. The van der Waals surface area contributed by atoms with E-state index in [9.17, 15) is 14.4 Å². The average Bonchev–Trinajstić information content (AvgIpc) is 3.43. The Kier molecular flexibility index (Phi) is 8.90. The molecular weight excluding hydrogens is 434 g/mol. The van der Waals surface area contributed by atoms with Crippen molar-refractivity contribution in [1.82, 2.24) is 15.6 Å². The van der Waals surface area contributed by atoms with Crippen LogP contribution in [0.25, 0.3) is 10.9 Å². The van der Waals surface area contributed by atoms with Crippen LogP contribution >= 0.6 is 0 Å². The zero-order valence-electron chi connectivity index (χ0n) is 20.0. The van der Waals surface area contributed by atoms with Crippen LogP contribution in [0.4, 0.5) is 0 Å². The van der Waals surface area contributed by atoms with Crippen molar-refractivity contribution < 1.29 is 23.5 Å². The van der Waals surface area contributed by atoms with E-state index >= 15 is 0 Å². The minimum Gasteiger partial charge on any atom is -0.497 e. The van der Waals surface area contributed by atoms with Gasteiger partial charge in [0.1, 0.15) is 23.3 Å². The molecule has 182 valence electrons. The van der Waals surface area contributed by atoms with E-state index in [2.05, 4.69) is 15.6 Å². The Bertz CT molecular complexity index is 1120. The monoisotopic (exact) mass is 467 g/mol. The molecular formula is C26H33N3O5. The van der Waals surface area contributed by atoms with Crippen LogP contribution in [0.1, 0.15) is 56.0 Å². The second kappa shape index (κ2) is 12.1. The second-order valence-electron chi connectivity index (χ2n) is 8.54. The molecule has 0 fully saturated rings. The Balaban J connectivity index is 1.65. The standard InChI is InChI=1S/C26H33N3O5/c1-17(30)8-5-4-6-10-24(26(32)27-16-20-9-7-13-34-20)29-25(31)15-21-18(2)28-23-12-11-19(33-3)14-22(21)23/h7,9,11-14,24,28H,4-6,8,10,15-16H2,1-3H3,(H,27,32)(H,29,31)/t24-/m0/s1. The Hall–Kier alpha value is -3.55. The van der Waals surface area contributed by atoms with E-state index in [0.717, 1.165) is 41.4 Å². The fraction of sp³-hybridized carbons (Fsp3) is 0.423. The fourth-order valence-corrected chi connectivity index (χ4v) is 4.00. The molecule has 2 amide bonds. The quantitative estimate of drug-likeness (QED) is 0.329. The van der Waals surface area contributed by atoms with E-state index in [1.165, 1.54) is 0 Å². The number of rotatable bonds is 13. The number of H-pyrrole nitrogens is 1. The van der Waals surface area contributed by atoms with Gasteiger partial charge in [0.05, 0.1) is 26.3 Å². The van der Waals surface area contributed by atoms with E-state index < -0.39 is 6.04 Å². The minimum atomic E-state index is -0.667. The first-order valence-electron chi connectivity index (χ1n) is 11.6. The maximum Gasteiger partial charge on any atom is 0.242 e. The normalized spacial score (nSPS) is 11.9. The number of aromatic amines is 1. The largest absolute Gasteiger partial charge is 0.497 e. The van der Waals surface area contributed by atoms with E-state index in [4.69, 9.17) is 9.15 Å². The summed E-state index contributed by atoms with van der Waals surface area (Å²) in [6, 6.07) is 8.57. The van der Waals surface area contributed by atoms with Crippen molar-refractivity contribution in [3.05, 3.63) is 53.6 Å². The Morgan fingerprint density at radius 2 is 1.97 bits per heavy atom. The number of hydrogen-bond acceptors (Lipinski definition) is 5. The lowest BCUT2D eigenvalue weighted by Gasteiger charge is -2.18. The molecule has 3 rings (SSSR count). The maximum atomic E-state index is 13.0. The topological polar surface area (TPSA) is 113 Å². The number of benzene rings is 1. The summed E-state index contributed by atoms with van der Waals surface area (Å²) in [5.74, 6) is 1.03. The Morgan fingerprint density at radius 1 is 1.15 bits per heavy atom. The predicted molar refractivity (Wildman–Crippen MR) is 130 cm³/mol. The number of carbonyl (C=O) groups excluding carboxylic acids is 3. The molecule has 0 saturated carbocycles. The molecule has 3 N–H and O–H groups in total. The SMILES string of the molecule is COc1ccc2[nH]c(C)c(CC(=O)N[C@@H](CCCCCC(C)=O)C(=O)NCc3ccco3)c2c1. The van der Waals surface area contributed by atoms with Gasteiger partial charge >= 0.3 is 0 Å². The van der Waals surface area contributed by atoms with Crippen LogP contribution in [-0.2, 0) is 27.3 Å². The number of methoxy groups -OCH3 is 1. The summed E-state index contributed by atoms with van der Waals surface area (Å²) in [6.07, 6.45) is 5.05. The molecule has 1 atom stereocenters. The number of unbranched alkanes of at least 4 members (excludes halogenated alkanes) is 2. The number of carbonyl (C=O) groups is 3. The van der Waals surface area contributed by atoms with Gasteiger partial charge in [0, 0.05) is 23.0 Å². The highest BCUT2D eigenvalue weighted by Crippen LogP contribution is 2.26. The van der Waals surface area contributed by atoms with Crippen molar-refractivity contribution in [1.29, 1.82) is 0 Å². The molecule has 8 heteroatoms. The lowest BCUT2D eigenvalue weighted by atomic mass is 10.0. The Labute approximate surface area is 199 Å². The summed E-state index contributed by atoms with van der Waals surface area (Å²) in [5.41, 5.74) is 2.71. The van der Waals surface area contributed by atoms with Gasteiger partial charge in [-0.25, -0.2) is 0 Å². The van der Waals surface area contributed by atoms with Crippen molar-refractivity contribution in [2.45, 2.75) is 65.0 Å². The van der Waals surface area contributed by atoms with E-state index in [0.29, 0.717) is 24.4 Å². The van der Waals surface area contributed by atoms with E-state index in [1.54, 1.807) is 32.4 Å². The fourth-order valence-electron chi connectivity index (χ4n) is 4.00. The lowest BCUT2D eigenvalue weighted by molar-refractivity contribution is -0.129. The molecule has 8 nitrogen and oxygen atoms in total. The molecule has 1 aromatic carbocycles. The number of ether oxygens (including phenoxy) is 1. The maximum absolute atomic E-state index is 13.0. The first kappa shape index (κ1) is 25.1. The lowest BCUT2D eigenvalue weighted by Crippen LogP contribution is -2.47.